The van der Waals surface area contributed by atoms with Crippen LogP contribution in [-0.2, 0) is 0 Å². The summed E-state index contributed by atoms with van der Waals surface area (Å²) >= 11 is 0. The minimum absolute atomic E-state index is 0.0843. The third-order valence-electron chi connectivity index (χ3n) is 4.13. The highest BCUT2D eigenvalue weighted by molar-refractivity contribution is 5.98. The predicted molar refractivity (Wildman–Crippen MR) is 71.0 cm³/mol. The van der Waals surface area contributed by atoms with Gasteiger partial charge in [0.15, 0.2) is 17.4 Å². The molecule has 2 rings (SSSR count). The number of Topliss-reactive ketones (excluding diaryl/α,β-unsaturated/α-hetero) is 1. The van der Waals surface area contributed by atoms with Gasteiger partial charge in [-0.15, -0.1) is 0 Å². The van der Waals surface area contributed by atoms with Crippen molar-refractivity contribution in [1.82, 2.24) is 0 Å². The van der Waals surface area contributed by atoms with E-state index in [1.165, 1.54) is 25.0 Å². The molecular weight excluding hydrogens is 246 g/mol. The highest BCUT2D eigenvalue weighted by Gasteiger charge is 2.28. The van der Waals surface area contributed by atoms with Gasteiger partial charge >= 0.3 is 0 Å². The van der Waals surface area contributed by atoms with Gasteiger partial charge in [0, 0.05) is 5.92 Å². The summed E-state index contributed by atoms with van der Waals surface area (Å²) in [5.74, 6) is -1.60. The molecule has 3 heteroatoms. The Balaban J connectivity index is 2.03. The second-order valence-electron chi connectivity index (χ2n) is 5.47. The van der Waals surface area contributed by atoms with E-state index in [-0.39, 0.29) is 17.3 Å². The molecule has 1 saturated carbocycles. The van der Waals surface area contributed by atoms with Gasteiger partial charge in [-0.2, -0.15) is 0 Å². The molecule has 1 nitrogen and oxygen atoms in total. The lowest BCUT2D eigenvalue weighted by Crippen LogP contribution is -2.23. The van der Waals surface area contributed by atoms with E-state index >= 15 is 0 Å². The maximum Gasteiger partial charge on any atom is 0.169 e. The van der Waals surface area contributed by atoms with E-state index in [0.717, 1.165) is 31.7 Å². The smallest absolute Gasteiger partial charge is 0.169 e. The number of carbonyl (C=O) groups is 1. The maximum absolute atomic E-state index is 13.6. The maximum atomic E-state index is 13.6. The molecule has 0 radical (unpaired) electrons. The molecule has 104 valence electrons. The number of benzene rings is 1. The van der Waals surface area contributed by atoms with Crippen molar-refractivity contribution in [2.24, 2.45) is 11.8 Å². The molecule has 0 aliphatic heterocycles. The van der Waals surface area contributed by atoms with Gasteiger partial charge in [0.2, 0.25) is 0 Å². The van der Waals surface area contributed by atoms with E-state index in [1.54, 1.807) is 0 Å². The third kappa shape index (κ3) is 3.20. The van der Waals surface area contributed by atoms with Crippen LogP contribution in [-0.4, -0.2) is 5.78 Å². The summed E-state index contributed by atoms with van der Waals surface area (Å²) in [5.41, 5.74) is -0.0843. The lowest BCUT2D eigenvalue weighted by Gasteiger charge is -2.27. The first-order valence-corrected chi connectivity index (χ1v) is 7.11. The molecule has 0 atom stereocenters. The molecule has 1 aliphatic rings. The van der Waals surface area contributed by atoms with Crippen molar-refractivity contribution < 1.29 is 13.6 Å². The fourth-order valence-corrected chi connectivity index (χ4v) is 3.04. The first-order chi connectivity index (χ1) is 9.13. The van der Waals surface area contributed by atoms with Crippen LogP contribution in [0.15, 0.2) is 18.2 Å². The van der Waals surface area contributed by atoms with Gasteiger partial charge in [0.1, 0.15) is 0 Å². The molecule has 0 N–H and O–H groups in total. The molecular formula is C16H20F2O. The molecule has 1 aromatic rings. The van der Waals surface area contributed by atoms with Crippen molar-refractivity contribution in [3.05, 3.63) is 35.4 Å². The molecule has 1 fully saturated rings. The number of rotatable bonds is 4. The van der Waals surface area contributed by atoms with Crippen molar-refractivity contribution in [3.8, 4) is 0 Å². The van der Waals surface area contributed by atoms with Crippen LogP contribution in [0, 0.1) is 23.5 Å². The van der Waals surface area contributed by atoms with Gasteiger partial charge in [0.05, 0.1) is 5.56 Å². The van der Waals surface area contributed by atoms with Crippen LogP contribution in [0.5, 0.6) is 0 Å². The van der Waals surface area contributed by atoms with E-state index in [2.05, 4.69) is 6.92 Å². The van der Waals surface area contributed by atoms with Crippen LogP contribution in [0.3, 0.4) is 0 Å². The predicted octanol–water partition coefficient (Wildman–Crippen LogP) is 4.75. The average molecular weight is 266 g/mol. The topological polar surface area (TPSA) is 17.1 Å². The summed E-state index contributed by atoms with van der Waals surface area (Å²) in [4.78, 5) is 12.2. The molecule has 0 bridgehead atoms. The lowest BCUT2D eigenvalue weighted by molar-refractivity contribution is 0.0864. The zero-order valence-corrected chi connectivity index (χ0v) is 11.3. The van der Waals surface area contributed by atoms with Crippen LogP contribution >= 0.6 is 0 Å². The van der Waals surface area contributed by atoms with Crippen LogP contribution < -0.4 is 0 Å². The van der Waals surface area contributed by atoms with Crippen LogP contribution in [0.25, 0.3) is 0 Å². The van der Waals surface area contributed by atoms with E-state index in [1.807, 2.05) is 0 Å². The highest BCUT2D eigenvalue weighted by atomic mass is 19.2. The SMILES string of the molecule is CCCC1CCC(C(=O)c2cccc(F)c2F)CC1. The second kappa shape index (κ2) is 6.27. The van der Waals surface area contributed by atoms with Gasteiger partial charge in [0.25, 0.3) is 0 Å². The molecule has 0 amide bonds. The van der Waals surface area contributed by atoms with Gasteiger partial charge in [-0.1, -0.05) is 25.8 Å². The van der Waals surface area contributed by atoms with Crippen molar-refractivity contribution >= 4 is 5.78 Å². The van der Waals surface area contributed by atoms with Gasteiger partial charge in [-0.25, -0.2) is 8.78 Å². The molecule has 0 unspecified atom stereocenters. The Morgan fingerprint density at radius 3 is 2.53 bits per heavy atom. The third-order valence-corrected chi connectivity index (χ3v) is 4.13. The van der Waals surface area contributed by atoms with Crippen LogP contribution in [0.1, 0.15) is 55.8 Å². The summed E-state index contributed by atoms with van der Waals surface area (Å²) in [7, 11) is 0. The summed E-state index contributed by atoms with van der Waals surface area (Å²) in [6.07, 6.45) is 6.04. The molecule has 0 saturated heterocycles. The van der Waals surface area contributed by atoms with Crippen molar-refractivity contribution in [3.63, 3.8) is 0 Å². The van der Waals surface area contributed by atoms with Crippen molar-refractivity contribution in [1.29, 1.82) is 0 Å². The zero-order chi connectivity index (χ0) is 13.8. The second-order valence-corrected chi connectivity index (χ2v) is 5.47. The van der Waals surface area contributed by atoms with Crippen molar-refractivity contribution in [2.45, 2.75) is 45.4 Å². The summed E-state index contributed by atoms with van der Waals surface area (Å²) in [6.45, 7) is 2.17. The molecule has 0 spiro atoms. The standard InChI is InChI=1S/C16H20F2O/c1-2-4-11-7-9-12(10-8-11)16(19)13-5-3-6-14(17)15(13)18/h3,5-6,11-12H,2,4,7-10H2,1H3. The van der Waals surface area contributed by atoms with E-state index < -0.39 is 11.6 Å². The largest absolute Gasteiger partial charge is 0.294 e. The summed E-state index contributed by atoms with van der Waals surface area (Å²) in [6, 6.07) is 3.83. The fourth-order valence-electron chi connectivity index (χ4n) is 3.04. The monoisotopic (exact) mass is 266 g/mol. The molecule has 1 aliphatic carbocycles. The Bertz CT molecular complexity index is 448. The van der Waals surface area contributed by atoms with Gasteiger partial charge in [-0.05, 0) is 43.7 Å². The highest BCUT2D eigenvalue weighted by Crippen LogP contribution is 2.33. The minimum Gasteiger partial charge on any atom is -0.294 e. The number of hydrogen-bond acceptors (Lipinski definition) is 1. The normalized spacial score (nSPS) is 23.3. The van der Waals surface area contributed by atoms with E-state index in [0.29, 0.717) is 5.92 Å². The summed E-state index contributed by atoms with van der Waals surface area (Å²) in [5, 5.41) is 0. The van der Waals surface area contributed by atoms with Crippen LogP contribution in [0.2, 0.25) is 0 Å². The minimum atomic E-state index is -0.997. The number of carbonyl (C=O) groups excluding carboxylic acids is 1. The Morgan fingerprint density at radius 2 is 1.89 bits per heavy atom. The van der Waals surface area contributed by atoms with Gasteiger partial charge in [-0.3, -0.25) is 4.79 Å². The van der Waals surface area contributed by atoms with E-state index in [4.69, 9.17) is 0 Å². The van der Waals surface area contributed by atoms with Crippen LogP contribution in [0.4, 0.5) is 8.78 Å². The quantitative estimate of drug-likeness (QED) is 0.718. The average Bonchev–Trinajstić information content (AvgIpc) is 2.42. The van der Waals surface area contributed by atoms with E-state index in [9.17, 15) is 13.6 Å². The fraction of sp³-hybridized carbons (Fsp3) is 0.562. The Kier molecular flexibility index (Phi) is 4.67. The zero-order valence-electron chi connectivity index (χ0n) is 11.3. The molecule has 0 aromatic heterocycles. The first kappa shape index (κ1) is 14.2. The number of ketones is 1. The molecule has 1 aromatic carbocycles. The molecule has 19 heavy (non-hydrogen) atoms. The lowest BCUT2D eigenvalue weighted by atomic mass is 9.77. The molecule has 0 heterocycles. The first-order valence-electron chi connectivity index (χ1n) is 7.11. The Labute approximate surface area is 113 Å². The van der Waals surface area contributed by atoms with Gasteiger partial charge < -0.3 is 0 Å². The number of halogens is 2. The Morgan fingerprint density at radius 1 is 1.21 bits per heavy atom. The van der Waals surface area contributed by atoms with Crippen molar-refractivity contribution in [2.75, 3.05) is 0 Å². The summed E-state index contributed by atoms with van der Waals surface area (Å²) < 4.78 is 26.8. The number of hydrogen-bond donors (Lipinski definition) is 0. The Hall–Kier alpha value is -1.25.